The van der Waals surface area contributed by atoms with Gasteiger partial charge in [0.1, 0.15) is 11.5 Å². The third kappa shape index (κ3) is 6.16. The third-order valence-electron chi connectivity index (χ3n) is 3.58. The van der Waals surface area contributed by atoms with Gasteiger partial charge in [0, 0.05) is 24.1 Å². The van der Waals surface area contributed by atoms with Crippen molar-refractivity contribution in [3.63, 3.8) is 0 Å². The Labute approximate surface area is 149 Å². The molecule has 0 aromatic heterocycles. The number of halogens is 2. The van der Waals surface area contributed by atoms with E-state index < -0.39 is 6.61 Å². The van der Waals surface area contributed by atoms with Crippen LogP contribution in [0, 0.1) is 0 Å². The van der Waals surface area contributed by atoms with Gasteiger partial charge in [0.2, 0.25) is 5.91 Å². The minimum atomic E-state index is -2.89. The molecule has 0 unspecified atom stereocenters. The van der Waals surface area contributed by atoms with Crippen molar-refractivity contribution in [2.45, 2.75) is 25.9 Å². The fourth-order valence-electron chi connectivity index (χ4n) is 2.27. The Morgan fingerprint density at radius 2 is 1.58 bits per heavy atom. The van der Waals surface area contributed by atoms with Crippen LogP contribution in [0.2, 0.25) is 0 Å². The number of anilines is 1. The number of benzene rings is 2. The molecule has 138 valence electrons. The van der Waals surface area contributed by atoms with Crippen LogP contribution in [0.15, 0.2) is 48.5 Å². The second kappa shape index (κ2) is 9.50. The second-order valence-corrected chi connectivity index (χ2v) is 5.46. The van der Waals surface area contributed by atoms with Crippen molar-refractivity contribution < 1.29 is 27.8 Å². The lowest BCUT2D eigenvalue weighted by molar-refractivity contribution is -0.116. The van der Waals surface area contributed by atoms with Gasteiger partial charge in [0.25, 0.3) is 0 Å². The number of rotatable bonds is 9. The number of ether oxygens (including phenoxy) is 2. The highest BCUT2D eigenvalue weighted by molar-refractivity contribution is 5.96. The molecule has 0 fully saturated rings. The minimum Gasteiger partial charge on any atom is -0.497 e. The smallest absolute Gasteiger partial charge is 0.387 e. The van der Waals surface area contributed by atoms with Crippen LogP contribution in [-0.2, 0) is 4.79 Å². The first kappa shape index (κ1) is 19.4. The van der Waals surface area contributed by atoms with E-state index in [2.05, 4.69) is 10.1 Å². The van der Waals surface area contributed by atoms with E-state index in [0.717, 1.165) is 0 Å². The molecule has 0 aliphatic rings. The van der Waals surface area contributed by atoms with E-state index in [1.807, 2.05) is 0 Å². The van der Waals surface area contributed by atoms with Crippen LogP contribution >= 0.6 is 0 Å². The van der Waals surface area contributed by atoms with Crippen molar-refractivity contribution in [2.24, 2.45) is 0 Å². The number of nitrogens with one attached hydrogen (secondary N) is 1. The fraction of sp³-hybridized carbons (Fsp3) is 0.263. The van der Waals surface area contributed by atoms with E-state index >= 15 is 0 Å². The van der Waals surface area contributed by atoms with Crippen molar-refractivity contribution in [3.05, 3.63) is 54.1 Å². The molecule has 26 heavy (non-hydrogen) atoms. The molecule has 0 spiro atoms. The van der Waals surface area contributed by atoms with Gasteiger partial charge in [-0.3, -0.25) is 9.59 Å². The lowest BCUT2D eigenvalue weighted by Gasteiger charge is -2.07. The molecule has 1 N–H and O–H groups in total. The van der Waals surface area contributed by atoms with Gasteiger partial charge in [0.05, 0.1) is 7.11 Å². The maximum absolute atomic E-state index is 12.1. The van der Waals surface area contributed by atoms with E-state index in [9.17, 15) is 18.4 Å². The number of ketones is 1. The summed E-state index contributed by atoms with van der Waals surface area (Å²) in [6, 6.07) is 12.4. The Bertz CT molecular complexity index is 730. The average Bonchev–Trinajstić information content (AvgIpc) is 2.63. The van der Waals surface area contributed by atoms with Crippen molar-refractivity contribution in [1.82, 2.24) is 0 Å². The first-order valence-corrected chi connectivity index (χ1v) is 8.00. The van der Waals surface area contributed by atoms with Crippen molar-refractivity contribution >= 4 is 17.4 Å². The van der Waals surface area contributed by atoms with Gasteiger partial charge < -0.3 is 14.8 Å². The predicted molar refractivity (Wildman–Crippen MR) is 92.9 cm³/mol. The van der Waals surface area contributed by atoms with Gasteiger partial charge in [-0.1, -0.05) is 0 Å². The van der Waals surface area contributed by atoms with Gasteiger partial charge in [0.15, 0.2) is 5.78 Å². The molecule has 0 saturated carbocycles. The highest BCUT2D eigenvalue weighted by Gasteiger charge is 2.09. The van der Waals surface area contributed by atoms with Gasteiger partial charge >= 0.3 is 6.61 Å². The molecular formula is C19H19F2NO4. The quantitative estimate of drug-likeness (QED) is 0.675. The molecule has 0 saturated heterocycles. The number of amides is 1. The van der Waals surface area contributed by atoms with Gasteiger partial charge in [-0.25, -0.2) is 0 Å². The van der Waals surface area contributed by atoms with Gasteiger partial charge in [-0.15, -0.1) is 0 Å². The summed E-state index contributed by atoms with van der Waals surface area (Å²) in [7, 11) is 1.55. The molecule has 1 amide bonds. The van der Waals surface area contributed by atoms with E-state index in [1.165, 1.54) is 24.3 Å². The summed E-state index contributed by atoms with van der Waals surface area (Å²) >= 11 is 0. The molecule has 0 aliphatic heterocycles. The Morgan fingerprint density at radius 3 is 2.15 bits per heavy atom. The van der Waals surface area contributed by atoms with Crippen molar-refractivity contribution in [1.29, 1.82) is 0 Å². The molecule has 2 aromatic carbocycles. The number of carbonyl (C=O) groups is 2. The molecule has 0 bridgehead atoms. The predicted octanol–water partition coefficient (Wildman–Crippen LogP) is 4.29. The standard InChI is InChI=1S/C19H19F2NO4/c1-25-15-9-5-13(6-10-15)17(23)3-2-4-18(24)22-14-7-11-16(12-8-14)26-19(20)21/h5-12,19H,2-4H2,1H3,(H,22,24). The molecule has 5 nitrogen and oxygen atoms in total. The Hall–Kier alpha value is -2.96. The molecular weight excluding hydrogens is 344 g/mol. The summed E-state index contributed by atoms with van der Waals surface area (Å²) < 4.78 is 33.4. The third-order valence-corrected chi connectivity index (χ3v) is 3.58. The van der Waals surface area contributed by atoms with Crippen molar-refractivity contribution in [2.75, 3.05) is 12.4 Å². The van der Waals surface area contributed by atoms with E-state index in [4.69, 9.17) is 4.74 Å². The Balaban J connectivity index is 1.75. The average molecular weight is 363 g/mol. The lowest BCUT2D eigenvalue weighted by atomic mass is 10.1. The van der Waals surface area contributed by atoms with Crippen LogP contribution in [-0.4, -0.2) is 25.4 Å². The highest BCUT2D eigenvalue weighted by atomic mass is 19.3. The number of hydrogen-bond acceptors (Lipinski definition) is 4. The highest BCUT2D eigenvalue weighted by Crippen LogP contribution is 2.18. The summed E-state index contributed by atoms with van der Waals surface area (Å²) in [5, 5.41) is 2.64. The number of alkyl halides is 2. The largest absolute Gasteiger partial charge is 0.497 e. The van der Waals surface area contributed by atoms with E-state index in [1.54, 1.807) is 31.4 Å². The Kier molecular flexibility index (Phi) is 7.08. The zero-order valence-corrected chi connectivity index (χ0v) is 14.2. The summed E-state index contributed by atoms with van der Waals surface area (Å²) in [4.78, 5) is 23.9. The number of carbonyl (C=O) groups excluding carboxylic acids is 2. The molecule has 0 radical (unpaired) electrons. The zero-order chi connectivity index (χ0) is 18.9. The first-order chi connectivity index (χ1) is 12.5. The topological polar surface area (TPSA) is 64.6 Å². The monoisotopic (exact) mass is 363 g/mol. The maximum atomic E-state index is 12.1. The molecule has 7 heteroatoms. The molecule has 2 aromatic rings. The summed E-state index contributed by atoms with van der Waals surface area (Å²) in [5.41, 5.74) is 1.04. The fourth-order valence-corrected chi connectivity index (χ4v) is 2.27. The molecule has 2 rings (SSSR count). The van der Waals surface area contributed by atoms with Crippen LogP contribution in [0.5, 0.6) is 11.5 Å². The van der Waals surface area contributed by atoms with Crippen molar-refractivity contribution in [3.8, 4) is 11.5 Å². The molecule has 0 atom stereocenters. The second-order valence-electron chi connectivity index (χ2n) is 5.46. The van der Waals surface area contributed by atoms with Gasteiger partial charge in [-0.05, 0) is 55.0 Å². The molecule has 0 heterocycles. The summed E-state index contributed by atoms with van der Waals surface area (Å²) in [5.74, 6) is 0.387. The maximum Gasteiger partial charge on any atom is 0.387 e. The normalized spacial score (nSPS) is 10.5. The summed E-state index contributed by atoms with van der Waals surface area (Å²) in [6.45, 7) is -2.89. The van der Waals surface area contributed by atoms with Crippen LogP contribution in [0.3, 0.4) is 0 Å². The minimum absolute atomic E-state index is 0.0167. The van der Waals surface area contributed by atoms with Crippen LogP contribution in [0.4, 0.5) is 14.5 Å². The lowest BCUT2D eigenvalue weighted by Crippen LogP contribution is -2.12. The summed E-state index contributed by atoms with van der Waals surface area (Å²) in [6.07, 6.45) is 0.835. The zero-order valence-electron chi connectivity index (χ0n) is 14.2. The van der Waals surface area contributed by atoms with Crippen LogP contribution in [0.25, 0.3) is 0 Å². The number of Topliss-reactive ketones (excluding diaryl/α,β-unsaturated/α-hetero) is 1. The Morgan fingerprint density at radius 1 is 0.962 bits per heavy atom. The number of methoxy groups -OCH3 is 1. The van der Waals surface area contributed by atoms with Gasteiger partial charge in [-0.2, -0.15) is 8.78 Å². The molecule has 0 aliphatic carbocycles. The number of hydrogen-bond donors (Lipinski definition) is 1. The van der Waals surface area contributed by atoms with E-state index in [0.29, 0.717) is 23.4 Å². The van der Waals surface area contributed by atoms with Crippen LogP contribution < -0.4 is 14.8 Å². The first-order valence-electron chi connectivity index (χ1n) is 8.00. The van der Waals surface area contributed by atoms with E-state index in [-0.39, 0.29) is 30.3 Å². The SMILES string of the molecule is COc1ccc(C(=O)CCCC(=O)Nc2ccc(OC(F)F)cc2)cc1. The van der Waals surface area contributed by atoms with Crippen LogP contribution in [0.1, 0.15) is 29.6 Å².